The third-order valence-corrected chi connectivity index (χ3v) is 7.81. The lowest BCUT2D eigenvalue weighted by molar-refractivity contribution is -0.139. The second-order valence-electron chi connectivity index (χ2n) is 9.41. The van der Waals surface area contributed by atoms with E-state index < -0.39 is 28.5 Å². The number of anilines is 1. The topological polar surface area (TPSA) is 96.0 Å². The molecular weight excluding hydrogens is 490 g/mol. The van der Waals surface area contributed by atoms with E-state index in [0.717, 1.165) is 41.8 Å². The van der Waals surface area contributed by atoms with Gasteiger partial charge in [0.15, 0.2) is 0 Å². The van der Waals surface area contributed by atoms with Crippen LogP contribution in [-0.4, -0.2) is 63.2 Å². The number of amides is 2. The van der Waals surface area contributed by atoms with Crippen LogP contribution in [0.15, 0.2) is 54.6 Å². The summed E-state index contributed by atoms with van der Waals surface area (Å²) in [6.07, 6.45) is 6.09. The number of hydrogen-bond donors (Lipinski definition) is 1. The van der Waals surface area contributed by atoms with Gasteiger partial charge in [-0.15, -0.1) is 0 Å². The number of benzene rings is 2. The van der Waals surface area contributed by atoms with Gasteiger partial charge in [-0.25, -0.2) is 8.42 Å². The molecule has 0 heterocycles. The van der Waals surface area contributed by atoms with E-state index in [9.17, 15) is 18.0 Å². The maximum atomic E-state index is 13.8. The van der Waals surface area contributed by atoms with Crippen molar-refractivity contribution in [3.05, 3.63) is 60.2 Å². The predicted molar refractivity (Wildman–Crippen MR) is 146 cm³/mol. The van der Waals surface area contributed by atoms with E-state index in [0.29, 0.717) is 37.4 Å². The number of nitrogens with zero attached hydrogens (tertiary/aromatic N) is 2. The first-order valence-corrected chi connectivity index (χ1v) is 14.9. The molecule has 1 saturated carbocycles. The Hall–Kier alpha value is -3.07. The lowest BCUT2D eigenvalue weighted by Gasteiger charge is -2.33. The first-order valence-electron chi connectivity index (χ1n) is 13.1. The Bertz CT molecular complexity index is 1130. The van der Waals surface area contributed by atoms with Crippen LogP contribution < -0.4 is 14.4 Å². The number of rotatable bonds is 13. The van der Waals surface area contributed by atoms with Gasteiger partial charge in [0.1, 0.15) is 18.3 Å². The van der Waals surface area contributed by atoms with Crippen LogP contribution in [0, 0.1) is 0 Å². The summed E-state index contributed by atoms with van der Waals surface area (Å²) in [7, 11) is -3.82. The van der Waals surface area contributed by atoms with Gasteiger partial charge in [0.05, 0.1) is 18.6 Å². The summed E-state index contributed by atoms with van der Waals surface area (Å²) in [6.45, 7) is 3.91. The van der Waals surface area contributed by atoms with Crippen LogP contribution in [0.3, 0.4) is 0 Å². The minimum atomic E-state index is -3.82. The van der Waals surface area contributed by atoms with Crippen molar-refractivity contribution in [1.82, 2.24) is 10.2 Å². The van der Waals surface area contributed by atoms with Gasteiger partial charge in [0.2, 0.25) is 21.8 Å². The zero-order valence-electron chi connectivity index (χ0n) is 22.1. The van der Waals surface area contributed by atoms with Crippen molar-refractivity contribution in [1.29, 1.82) is 0 Å². The Balaban J connectivity index is 1.89. The van der Waals surface area contributed by atoms with Crippen LogP contribution in [0.2, 0.25) is 0 Å². The Kier molecular flexibility index (Phi) is 10.4. The molecule has 2 aromatic rings. The van der Waals surface area contributed by atoms with Gasteiger partial charge in [-0.2, -0.15) is 0 Å². The van der Waals surface area contributed by atoms with Crippen LogP contribution in [-0.2, 0) is 26.0 Å². The van der Waals surface area contributed by atoms with E-state index in [1.807, 2.05) is 44.2 Å². The highest BCUT2D eigenvalue weighted by molar-refractivity contribution is 7.92. The van der Waals surface area contributed by atoms with E-state index in [4.69, 9.17) is 4.74 Å². The van der Waals surface area contributed by atoms with Crippen LogP contribution in [0.4, 0.5) is 5.69 Å². The molecule has 1 aliphatic rings. The Labute approximate surface area is 221 Å². The standard InChI is InChI=1S/C28H39N3O5S/c1-4-24(28(33)29-23-15-9-10-16-23)30(20-19-22-13-7-6-8-14-22)27(32)21-31(37(3,34)35)25-17-11-12-18-26(25)36-5-2/h6-8,11-14,17-18,23-24H,4-5,9-10,15-16,19-21H2,1-3H3,(H,29,33). The number of para-hydroxylation sites is 2. The molecule has 2 amide bonds. The Morgan fingerprint density at radius 1 is 1.03 bits per heavy atom. The molecule has 0 saturated heterocycles. The highest BCUT2D eigenvalue weighted by Crippen LogP contribution is 2.30. The number of sulfonamides is 1. The summed E-state index contributed by atoms with van der Waals surface area (Å²) in [5, 5.41) is 3.12. The van der Waals surface area contributed by atoms with E-state index in [2.05, 4.69) is 5.32 Å². The SMILES string of the molecule is CCOc1ccccc1N(CC(=O)N(CCc1ccccc1)C(CC)C(=O)NC1CCCC1)S(C)(=O)=O. The summed E-state index contributed by atoms with van der Waals surface area (Å²) >= 11 is 0. The number of carbonyl (C=O) groups excluding carboxylic acids is 2. The minimum Gasteiger partial charge on any atom is -0.492 e. The average Bonchev–Trinajstić information content (AvgIpc) is 3.38. The molecular formula is C28H39N3O5S. The van der Waals surface area contributed by atoms with E-state index >= 15 is 0 Å². The Morgan fingerprint density at radius 2 is 1.68 bits per heavy atom. The zero-order chi connectivity index (χ0) is 26.8. The first-order chi connectivity index (χ1) is 17.7. The van der Waals surface area contributed by atoms with Crippen LogP contribution >= 0.6 is 0 Å². The number of hydrogen-bond acceptors (Lipinski definition) is 5. The second kappa shape index (κ2) is 13.5. The molecule has 0 bridgehead atoms. The van der Waals surface area contributed by atoms with Crippen molar-refractivity contribution in [2.24, 2.45) is 0 Å². The van der Waals surface area contributed by atoms with Gasteiger partial charge >= 0.3 is 0 Å². The van der Waals surface area contributed by atoms with Crippen molar-refractivity contribution in [2.75, 3.05) is 30.3 Å². The highest BCUT2D eigenvalue weighted by atomic mass is 32.2. The van der Waals surface area contributed by atoms with Gasteiger partial charge in [-0.1, -0.05) is 62.2 Å². The van der Waals surface area contributed by atoms with Crippen LogP contribution in [0.25, 0.3) is 0 Å². The van der Waals surface area contributed by atoms with Crippen molar-refractivity contribution in [2.45, 2.75) is 64.5 Å². The van der Waals surface area contributed by atoms with E-state index in [1.54, 1.807) is 29.2 Å². The van der Waals surface area contributed by atoms with Crippen LogP contribution in [0.1, 0.15) is 51.5 Å². The molecule has 9 heteroatoms. The van der Waals surface area contributed by atoms with Crippen molar-refractivity contribution in [3.8, 4) is 5.75 Å². The molecule has 2 aromatic carbocycles. The smallest absolute Gasteiger partial charge is 0.244 e. The summed E-state index contributed by atoms with van der Waals surface area (Å²) < 4.78 is 32.4. The predicted octanol–water partition coefficient (Wildman–Crippen LogP) is 3.76. The molecule has 1 unspecified atom stereocenters. The van der Waals surface area contributed by atoms with E-state index in [1.165, 1.54) is 0 Å². The van der Waals surface area contributed by atoms with Gasteiger partial charge < -0.3 is 15.0 Å². The van der Waals surface area contributed by atoms with Crippen molar-refractivity contribution in [3.63, 3.8) is 0 Å². The molecule has 8 nitrogen and oxygen atoms in total. The summed E-state index contributed by atoms with van der Waals surface area (Å²) in [6, 6.07) is 15.9. The van der Waals surface area contributed by atoms with Gasteiger partial charge in [0.25, 0.3) is 0 Å². The fourth-order valence-electron chi connectivity index (χ4n) is 4.80. The maximum absolute atomic E-state index is 13.8. The van der Waals surface area contributed by atoms with E-state index in [-0.39, 0.29) is 11.9 Å². The highest BCUT2D eigenvalue weighted by Gasteiger charge is 2.33. The van der Waals surface area contributed by atoms with Gasteiger partial charge in [0, 0.05) is 12.6 Å². The molecule has 1 fully saturated rings. The lowest BCUT2D eigenvalue weighted by atomic mass is 10.1. The van der Waals surface area contributed by atoms with Crippen LogP contribution in [0.5, 0.6) is 5.75 Å². The van der Waals surface area contributed by atoms with Gasteiger partial charge in [-0.05, 0) is 50.3 Å². The molecule has 0 spiro atoms. The molecule has 1 N–H and O–H groups in total. The fourth-order valence-corrected chi connectivity index (χ4v) is 5.65. The molecule has 0 radical (unpaired) electrons. The van der Waals surface area contributed by atoms with Gasteiger partial charge in [-0.3, -0.25) is 13.9 Å². The molecule has 202 valence electrons. The Morgan fingerprint density at radius 3 is 2.30 bits per heavy atom. The molecule has 37 heavy (non-hydrogen) atoms. The maximum Gasteiger partial charge on any atom is 0.244 e. The molecule has 1 aliphatic carbocycles. The molecule has 0 aromatic heterocycles. The quantitative estimate of drug-likeness (QED) is 0.426. The third-order valence-electron chi connectivity index (χ3n) is 6.68. The summed E-state index contributed by atoms with van der Waals surface area (Å²) in [5.41, 5.74) is 1.33. The van der Waals surface area contributed by atoms with Crippen molar-refractivity contribution >= 4 is 27.5 Å². The second-order valence-corrected chi connectivity index (χ2v) is 11.3. The molecule has 3 rings (SSSR count). The summed E-state index contributed by atoms with van der Waals surface area (Å²) in [5.74, 6) is -0.234. The van der Waals surface area contributed by atoms with Crippen molar-refractivity contribution < 1.29 is 22.7 Å². The number of nitrogens with one attached hydrogen (secondary N) is 1. The zero-order valence-corrected chi connectivity index (χ0v) is 22.9. The monoisotopic (exact) mass is 529 g/mol. The number of carbonyl (C=O) groups is 2. The normalized spacial score (nSPS) is 14.7. The third kappa shape index (κ3) is 7.95. The summed E-state index contributed by atoms with van der Waals surface area (Å²) in [4.78, 5) is 28.7. The average molecular weight is 530 g/mol. The minimum absolute atomic E-state index is 0.123. The lowest BCUT2D eigenvalue weighted by Crippen LogP contribution is -2.54. The number of ether oxygens (including phenoxy) is 1. The molecule has 0 aliphatic heterocycles. The first kappa shape index (κ1) is 28.5. The largest absolute Gasteiger partial charge is 0.492 e. The fraction of sp³-hybridized carbons (Fsp3) is 0.500. The molecule has 1 atom stereocenters.